The van der Waals surface area contributed by atoms with Crippen molar-refractivity contribution < 1.29 is 9.18 Å². The van der Waals surface area contributed by atoms with Crippen LogP contribution in [0, 0.1) is 5.82 Å². The Hall–Kier alpha value is -1.97. The van der Waals surface area contributed by atoms with Gasteiger partial charge in [-0.2, -0.15) is 5.10 Å². The quantitative estimate of drug-likeness (QED) is 0.758. The van der Waals surface area contributed by atoms with Crippen molar-refractivity contribution in [2.45, 2.75) is 46.6 Å². The number of ketones is 1. The normalized spacial score (nSPS) is 10.9. The summed E-state index contributed by atoms with van der Waals surface area (Å²) in [4.78, 5) is 12.2. The van der Waals surface area contributed by atoms with Gasteiger partial charge in [0.25, 0.3) is 0 Å². The fourth-order valence-corrected chi connectivity index (χ4v) is 2.60. The Balaban J connectivity index is 2.44. The highest BCUT2D eigenvalue weighted by Gasteiger charge is 2.20. The van der Waals surface area contributed by atoms with Gasteiger partial charge in [-0.05, 0) is 30.5 Å². The third-order valence-corrected chi connectivity index (χ3v) is 3.62. The molecule has 3 nitrogen and oxygen atoms in total. The van der Waals surface area contributed by atoms with Gasteiger partial charge < -0.3 is 0 Å². The van der Waals surface area contributed by atoms with E-state index in [1.807, 2.05) is 31.5 Å². The van der Waals surface area contributed by atoms with Crippen LogP contribution in [-0.2, 0) is 19.4 Å². The third kappa shape index (κ3) is 3.20. The number of aryl methyl sites for hydroxylation is 1. The lowest BCUT2D eigenvalue weighted by Gasteiger charge is -2.07. The minimum atomic E-state index is -0.252. The van der Waals surface area contributed by atoms with Gasteiger partial charge in [0.05, 0.1) is 17.8 Å². The standard InChI is InChI=1S/C17H21FN2O/c1-4-14-17(16(21)6-3)15(5-2)20(19-14)11-12-8-7-9-13(18)10-12/h7-10H,4-6,11H2,1-3H3. The van der Waals surface area contributed by atoms with Gasteiger partial charge >= 0.3 is 0 Å². The Morgan fingerprint density at radius 3 is 2.57 bits per heavy atom. The van der Waals surface area contributed by atoms with Gasteiger partial charge in [-0.3, -0.25) is 9.48 Å². The van der Waals surface area contributed by atoms with Crippen molar-refractivity contribution in [2.24, 2.45) is 0 Å². The molecule has 0 saturated carbocycles. The zero-order valence-electron chi connectivity index (χ0n) is 12.8. The number of hydrogen-bond donors (Lipinski definition) is 0. The van der Waals surface area contributed by atoms with Gasteiger partial charge in [-0.15, -0.1) is 0 Å². The minimum Gasteiger partial charge on any atom is -0.294 e. The van der Waals surface area contributed by atoms with E-state index in [0.717, 1.165) is 35.4 Å². The summed E-state index contributed by atoms with van der Waals surface area (Å²) in [5.41, 5.74) is 3.40. The van der Waals surface area contributed by atoms with Crippen molar-refractivity contribution in [3.8, 4) is 0 Å². The topological polar surface area (TPSA) is 34.9 Å². The van der Waals surface area contributed by atoms with E-state index in [-0.39, 0.29) is 11.6 Å². The zero-order chi connectivity index (χ0) is 15.4. The second kappa shape index (κ2) is 6.66. The van der Waals surface area contributed by atoms with Crippen molar-refractivity contribution in [1.82, 2.24) is 9.78 Å². The number of halogens is 1. The van der Waals surface area contributed by atoms with Crippen molar-refractivity contribution in [1.29, 1.82) is 0 Å². The Kier molecular flexibility index (Phi) is 4.89. The van der Waals surface area contributed by atoms with Crippen LogP contribution in [-0.4, -0.2) is 15.6 Å². The average molecular weight is 288 g/mol. The van der Waals surface area contributed by atoms with E-state index in [4.69, 9.17) is 0 Å². The molecule has 0 unspecified atom stereocenters. The van der Waals surface area contributed by atoms with Gasteiger partial charge in [0.15, 0.2) is 5.78 Å². The number of rotatable bonds is 6. The van der Waals surface area contributed by atoms with Crippen LogP contribution in [0.1, 0.15) is 54.5 Å². The molecule has 1 aromatic carbocycles. The Morgan fingerprint density at radius 2 is 2.00 bits per heavy atom. The van der Waals surface area contributed by atoms with E-state index >= 15 is 0 Å². The first-order valence-electron chi connectivity index (χ1n) is 7.46. The fourth-order valence-electron chi connectivity index (χ4n) is 2.60. The van der Waals surface area contributed by atoms with Gasteiger partial charge in [0.1, 0.15) is 5.82 Å². The largest absolute Gasteiger partial charge is 0.294 e. The van der Waals surface area contributed by atoms with Crippen LogP contribution in [0.2, 0.25) is 0 Å². The molecular weight excluding hydrogens is 267 g/mol. The summed E-state index contributed by atoms with van der Waals surface area (Å²) < 4.78 is 15.1. The molecule has 112 valence electrons. The maximum atomic E-state index is 13.3. The lowest BCUT2D eigenvalue weighted by Crippen LogP contribution is -2.08. The molecule has 0 amide bonds. The SMILES string of the molecule is CCC(=O)c1c(CC)nn(Cc2cccc(F)c2)c1CC. The third-order valence-electron chi connectivity index (χ3n) is 3.62. The molecule has 2 aromatic rings. The second-order valence-corrected chi connectivity index (χ2v) is 5.04. The van der Waals surface area contributed by atoms with Crippen LogP contribution in [0.15, 0.2) is 24.3 Å². The number of hydrogen-bond acceptors (Lipinski definition) is 2. The van der Waals surface area contributed by atoms with E-state index in [9.17, 15) is 9.18 Å². The first-order chi connectivity index (χ1) is 10.1. The minimum absolute atomic E-state index is 0.134. The molecule has 0 saturated heterocycles. The van der Waals surface area contributed by atoms with E-state index in [1.165, 1.54) is 12.1 Å². The zero-order valence-corrected chi connectivity index (χ0v) is 12.8. The van der Waals surface area contributed by atoms with Crippen molar-refractivity contribution in [2.75, 3.05) is 0 Å². The molecule has 2 rings (SSSR count). The number of benzene rings is 1. The van der Waals surface area contributed by atoms with E-state index in [0.29, 0.717) is 13.0 Å². The number of carbonyl (C=O) groups is 1. The molecule has 0 fully saturated rings. The van der Waals surface area contributed by atoms with Gasteiger partial charge in [0, 0.05) is 12.1 Å². The fraction of sp³-hybridized carbons (Fsp3) is 0.412. The van der Waals surface area contributed by atoms with Crippen LogP contribution in [0.4, 0.5) is 4.39 Å². The number of carbonyl (C=O) groups excluding carboxylic acids is 1. The summed E-state index contributed by atoms with van der Waals surface area (Å²) >= 11 is 0. The average Bonchev–Trinajstić information content (AvgIpc) is 2.83. The molecule has 0 spiro atoms. The number of Topliss-reactive ketones (excluding diaryl/α,β-unsaturated/α-hetero) is 1. The molecule has 1 aromatic heterocycles. The summed E-state index contributed by atoms with van der Waals surface area (Å²) in [5, 5.41) is 4.57. The van der Waals surface area contributed by atoms with Crippen LogP contribution in [0.5, 0.6) is 0 Å². The molecule has 1 heterocycles. The highest BCUT2D eigenvalue weighted by atomic mass is 19.1. The van der Waals surface area contributed by atoms with Crippen molar-refractivity contribution >= 4 is 5.78 Å². The monoisotopic (exact) mass is 288 g/mol. The first kappa shape index (κ1) is 15.4. The molecule has 0 N–H and O–H groups in total. The molecule has 0 aliphatic heterocycles. The first-order valence-corrected chi connectivity index (χ1v) is 7.46. The van der Waals surface area contributed by atoms with E-state index in [2.05, 4.69) is 5.10 Å². The molecule has 0 aliphatic rings. The number of nitrogens with zero attached hydrogens (tertiary/aromatic N) is 2. The maximum absolute atomic E-state index is 13.3. The molecule has 21 heavy (non-hydrogen) atoms. The second-order valence-electron chi connectivity index (χ2n) is 5.04. The molecule has 0 radical (unpaired) electrons. The summed E-state index contributed by atoms with van der Waals surface area (Å²) in [6, 6.07) is 6.50. The molecule has 0 bridgehead atoms. The molecular formula is C17H21FN2O. The Morgan fingerprint density at radius 1 is 1.24 bits per heavy atom. The highest BCUT2D eigenvalue weighted by molar-refractivity contribution is 5.98. The predicted molar refractivity (Wildman–Crippen MR) is 81.1 cm³/mol. The van der Waals surface area contributed by atoms with Crippen LogP contribution in [0.3, 0.4) is 0 Å². The van der Waals surface area contributed by atoms with E-state index < -0.39 is 0 Å². The Labute approximate surface area is 124 Å². The smallest absolute Gasteiger partial charge is 0.166 e. The molecule has 0 aliphatic carbocycles. The lowest BCUT2D eigenvalue weighted by molar-refractivity contribution is 0.0986. The van der Waals surface area contributed by atoms with Gasteiger partial charge in [-0.1, -0.05) is 32.9 Å². The maximum Gasteiger partial charge on any atom is 0.166 e. The summed E-state index contributed by atoms with van der Waals surface area (Å²) in [5.74, 6) is -0.118. The molecule has 4 heteroatoms. The van der Waals surface area contributed by atoms with E-state index in [1.54, 1.807) is 6.07 Å². The van der Waals surface area contributed by atoms with Crippen molar-refractivity contribution in [3.05, 3.63) is 52.6 Å². The summed E-state index contributed by atoms with van der Waals surface area (Å²) in [6.07, 6.45) is 1.94. The Bertz CT molecular complexity index is 646. The summed E-state index contributed by atoms with van der Waals surface area (Å²) in [7, 11) is 0. The predicted octanol–water partition coefficient (Wildman–Crippen LogP) is 3.79. The summed E-state index contributed by atoms with van der Waals surface area (Å²) in [6.45, 7) is 6.38. The van der Waals surface area contributed by atoms with Gasteiger partial charge in [0.2, 0.25) is 0 Å². The highest BCUT2D eigenvalue weighted by Crippen LogP contribution is 2.19. The number of aromatic nitrogens is 2. The van der Waals surface area contributed by atoms with Crippen LogP contribution < -0.4 is 0 Å². The molecule has 0 atom stereocenters. The van der Waals surface area contributed by atoms with Crippen LogP contribution in [0.25, 0.3) is 0 Å². The lowest BCUT2D eigenvalue weighted by atomic mass is 10.0. The van der Waals surface area contributed by atoms with Crippen LogP contribution >= 0.6 is 0 Å². The van der Waals surface area contributed by atoms with Crippen molar-refractivity contribution in [3.63, 3.8) is 0 Å². The van der Waals surface area contributed by atoms with Gasteiger partial charge in [-0.25, -0.2) is 4.39 Å².